The Hall–Kier alpha value is -0.240. The van der Waals surface area contributed by atoms with Crippen LogP contribution in [0.15, 0.2) is 0 Å². The third-order valence-corrected chi connectivity index (χ3v) is 2.16. The zero-order chi connectivity index (χ0) is 14.0. The highest BCUT2D eigenvalue weighted by Gasteiger charge is 1.92. The first kappa shape index (κ1) is 18.8. The van der Waals surface area contributed by atoms with Crippen molar-refractivity contribution in [1.82, 2.24) is 0 Å². The van der Waals surface area contributed by atoms with E-state index in [-0.39, 0.29) is 0 Å². The fraction of sp³-hybridized carbons (Fsp3) is 1.00. The largest absolute Gasteiger partial charge is 0.379 e. The molecule has 0 saturated carbocycles. The molecular formula is C13H29NO5. The zero-order valence-electron chi connectivity index (χ0n) is 12.1. The van der Waals surface area contributed by atoms with Gasteiger partial charge in [0.05, 0.1) is 46.2 Å². The molecule has 2 N–H and O–H groups in total. The molecule has 0 fully saturated rings. The number of hydrogen-bond donors (Lipinski definition) is 1. The molecule has 0 heterocycles. The molecule has 0 unspecified atom stereocenters. The molecule has 0 aliphatic heterocycles. The van der Waals surface area contributed by atoms with E-state index in [4.69, 9.17) is 29.4 Å². The summed E-state index contributed by atoms with van der Waals surface area (Å²) in [4.78, 5) is 0. The average molecular weight is 279 g/mol. The topological polar surface area (TPSA) is 72.2 Å². The summed E-state index contributed by atoms with van der Waals surface area (Å²) in [7, 11) is 0. The van der Waals surface area contributed by atoms with Crippen molar-refractivity contribution in [3.63, 3.8) is 0 Å². The molecule has 0 aromatic heterocycles. The van der Waals surface area contributed by atoms with Gasteiger partial charge in [-0.15, -0.1) is 0 Å². The van der Waals surface area contributed by atoms with Gasteiger partial charge in [-0.1, -0.05) is 0 Å². The minimum Gasteiger partial charge on any atom is -0.379 e. The number of rotatable bonds is 16. The number of ether oxygens (including phenoxy) is 5. The van der Waals surface area contributed by atoms with Crippen LogP contribution in [0.5, 0.6) is 0 Å². The van der Waals surface area contributed by atoms with Gasteiger partial charge in [-0.2, -0.15) is 0 Å². The second-order valence-corrected chi connectivity index (χ2v) is 3.79. The van der Waals surface area contributed by atoms with Gasteiger partial charge in [-0.3, -0.25) is 0 Å². The van der Waals surface area contributed by atoms with E-state index in [0.29, 0.717) is 66.0 Å². The zero-order valence-corrected chi connectivity index (χ0v) is 12.1. The summed E-state index contributed by atoms with van der Waals surface area (Å²) in [6, 6.07) is 0. The summed E-state index contributed by atoms with van der Waals surface area (Å²) in [6.07, 6.45) is 0.885. The number of nitrogens with two attached hydrogens (primary N) is 1. The van der Waals surface area contributed by atoms with Gasteiger partial charge in [0.1, 0.15) is 0 Å². The summed E-state index contributed by atoms with van der Waals surface area (Å²) in [5, 5.41) is 0. The summed E-state index contributed by atoms with van der Waals surface area (Å²) >= 11 is 0. The van der Waals surface area contributed by atoms with Gasteiger partial charge in [0.25, 0.3) is 0 Å². The smallest absolute Gasteiger partial charge is 0.0701 e. The van der Waals surface area contributed by atoms with Crippen molar-refractivity contribution in [3.05, 3.63) is 0 Å². The van der Waals surface area contributed by atoms with Crippen LogP contribution >= 0.6 is 0 Å². The number of hydrogen-bond acceptors (Lipinski definition) is 6. The van der Waals surface area contributed by atoms with Gasteiger partial charge in [-0.25, -0.2) is 0 Å². The predicted molar refractivity (Wildman–Crippen MR) is 73.4 cm³/mol. The lowest BCUT2D eigenvalue weighted by atomic mass is 10.5. The minimum atomic E-state index is 0.556. The fourth-order valence-corrected chi connectivity index (χ4v) is 1.25. The Bertz CT molecular complexity index is 144. The van der Waals surface area contributed by atoms with E-state index in [1.54, 1.807) is 0 Å². The van der Waals surface area contributed by atoms with Crippen molar-refractivity contribution in [2.45, 2.75) is 13.3 Å². The first-order chi connectivity index (χ1) is 9.41. The van der Waals surface area contributed by atoms with E-state index < -0.39 is 0 Å². The molecule has 0 amide bonds. The van der Waals surface area contributed by atoms with E-state index in [0.717, 1.165) is 13.0 Å². The molecule has 6 nitrogen and oxygen atoms in total. The molecule has 0 saturated heterocycles. The van der Waals surface area contributed by atoms with E-state index in [9.17, 15) is 0 Å². The van der Waals surface area contributed by atoms with Crippen LogP contribution in [0.1, 0.15) is 13.3 Å². The summed E-state index contributed by atoms with van der Waals surface area (Å²) in [5.41, 5.74) is 5.28. The van der Waals surface area contributed by atoms with Crippen molar-refractivity contribution < 1.29 is 23.7 Å². The highest BCUT2D eigenvalue weighted by Crippen LogP contribution is 1.87. The normalized spacial score (nSPS) is 11.1. The molecule has 0 spiro atoms. The van der Waals surface area contributed by atoms with Crippen LogP contribution in [0.25, 0.3) is 0 Å². The van der Waals surface area contributed by atoms with Crippen LogP contribution in [-0.2, 0) is 23.7 Å². The molecule has 0 atom stereocenters. The van der Waals surface area contributed by atoms with E-state index >= 15 is 0 Å². The molecule has 0 radical (unpaired) electrons. The molecule has 0 rings (SSSR count). The maximum absolute atomic E-state index is 5.39. The monoisotopic (exact) mass is 279 g/mol. The maximum atomic E-state index is 5.39. The lowest BCUT2D eigenvalue weighted by Gasteiger charge is -2.07. The molecule has 116 valence electrons. The molecular weight excluding hydrogens is 250 g/mol. The third-order valence-electron chi connectivity index (χ3n) is 2.16. The summed E-state index contributed by atoms with van der Waals surface area (Å²) in [6.45, 7) is 8.96. The van der Waals surface area contributed by atoms with E-state index in [2.05, 4.69) is 0 Å². The Kier molecular flexibility index (Phi) is 17.5. The van der Waals surface area contributed by atoms with Gasteiger partial charge in [0.15, 0.2) is 0 Å². The second-order valence-electron chi connectivity index (χ2n) is 3.79. The molecule has 0 bridgehead atoms. The summed E-state index contributed by atoms with van der Waals surface area (Å²) < 4.78 is 26.4. The average Bonchev–Trinajstić information content (AvgIpc) is 2.43. The summed E-state index contributed by atoms with van der Waals surface area (Å²) in [5.74, 6) is 0. The lowest BCUT2D eigenvalue weighted by molar-refractivity contribution is 0.00776. The van der Waals surface area contributed by atoms with Crippen LogP contribution < -0.4 is 5.73 Å². The SMILES string of the molecule is CCOCCOCCOCCCOCCOCCN. The van der Waals surface area contributed by atoms with Crippen LogP contribution in [-0.4, -0.2) is 72.6 Å². The Labute approximate surface area is 116 Å². The van der Waals surface area contributed by atoms with Gasteiger partial charge < -0.3 is 29.4 Å². The van der Waals surface area contributed by atoms with Crippen molar-refractivity contribution in [3.8, 4) is 0 Å². The van der Waals surface area contributed by atoms with Gasteiger partial charge >= 0.3 is 0 Å². The van der Waals surface area contributed by atoms with Gasteiger partial charge in [0.2, 0.25) is 0 Å². The highest BCUT2D eigenvalue weighted by atomic mass is 16.5. The quantitative estimate of drug-likeness (QED) is 0.413. The van der Waals surface area contributed by atoms with Gasteiger partial charge in [-0.05, 0) is 13.3 Å². The fourth-order valence-electron chi connectivity index (χ4n) is 1.25. The highest BCUT2D eigenvalue weighted by molar-refractivity contribution is 4.38. The molecule has 0 aliphatic rings. The minimum absolute atomic E-state index is 0.556. The molecule has 0 aromatic rings. The Balaban J connectivity index is 2.88. The van der Waals surface area contributed by atoms with Crippen LogP contribution in [0.2, 0.25) is 0 Å². The standard InChI is InChI=1S/C13H29NO5/c1-2-15-8-9-19-13-11-17-6-3-5-16-10-12-18-7-4-14/h2-14H2,1H3. The third kappa shape index (κ3) is 17.8. The van der Waals surface area contributed by atoms with Crippen LogP contribution in [0, 0.1) is 0 Å². The van der Waals surface area contributed by atoms with Crippen molar-refractivity contribution in [1.29, 1.82) is 0 Å². The molecule has 19 heavy (non-hydrogen) atoms. The van der Waals surface area contributed by atoms with Crippen molar-refractivity contribution in [2.75, 3.05) is 72.6 Å². The lowest BCUT2D eigenvalue weighted by Crippen LogP contribution is -2.13. The molecule has 0 aromatic carbocycles. The first-order valence-electron chi connectivity index (χ1n) is 7.00. The Morgan fingerprint density at radius 2 is 1.00 bits per heavy atom. The molecule has 0 aliphatic carbocycles. The van der Waals surface area contributed by atoms with Crippen LogP contribution in [0.3, 0.4) is 0 Å². The second kappa shape index (κ2) is 17.8. The van der Waals surface area contributed by atoms with Crippen LogP contribution in [0.4, 0.5) is 0 Å². The van der Waals surface area contributed by atoms with Gasteiger partial charge in [0, 0.05) is 26.4 Å². The molecule has 6 heteroatoms. The van der Waals surface area contributed by atoms with Crippen molar-refractivity contribution in [2.24, 2.45) is 5.73 Å². The predicted octanol–water partition coefficient (Wildman–Crippen LogP) is 0.438. The Morgan fingerprint density at radius 1 is 0.579 bits per heavy atom. The van der Waals surface area contributed by atoms with Crippen molar-refractivity contribution >= 4 is 0 Å². The first-order valence-corrected chi connectivity index (χ1v) is 7.00. The van der Waals surface area contributed by atoms with E-state index in [1.165, 1.54) is 0 Å². The van der Waals surface area contributed by atoms with E-state index in [1.807, 2.05) is 6.92 Å². The maximum Gasteiger partial charge on any atom is 0.0701 e. The Morgan fingerprint density at radius 3 is 1.47 bits per heavy atom.